The number of benzene rings is 1. The maximum absolute atomic E-state index is 12.3. The van der Waals surface area contributed by atoms with Crippen LogP contribution < -0.4 is 10.6 Å². The van der Waals surface area contributed by atoms with Crippen molar-refractivity contribution in [3.05, 3.63) is 24.1 Å². The SMILES string of the molecule is CC(NC(=O)Nc1ccc2oc(C(C)(C)C)nc2c1)C1CCOCC1. The molecule has 1 atom stereocenters. The van der Waals surface area contributed by atoms with Crippen molar-refractivity contribution < 1.29 is 13.9 Å². The van der Waals surface area contributed by atoms with Crippen molar-refractivity contribution in [2.45, 2.75) is 52.0 Å². The van der Waals surface area contributed by atoms with Gasteiger partial charge in [-0.25, -0.2) is 9.78 Å². The minimum Gasteiger partial charge on any atom is -0.440 e. The highest BCUT2D eigenvalue weighted by atomic mass is 16.5. The number of fused-ring (bicyclic) bond motifs is 1. The first kappa shape index (κ1) is 17.7. The lowest BCUT2D eigenvalue weighted by atomic mass is 9.93. The van der Waals surface area contributed by atoms with Gasteiger partial charge in [0.25, 0.3) is 0 Å². The number of oxazole rings is 1. The number of nitrogens with one attached hydrogen (secondary N) is 2. The standard InChI is InChI=1S/C19H27N3O3/c1-12(13-7-9-24-10-8-13)20-18(23)21-14-5-6-16-15(11-14)22-17(25-16)19(2,3)4/h5-6,11-13H,7-10H2,1-4H3,(H2,20,21,23). The summed E-state index contributed by atoms with van der Waals surface area (Å²) < 4.78 is 11.2. The third kappa shape index (κ3) is 4.31. The average Bonchev–Trinajstić information content (AvgIpc) is 2.99. The number of aromatic nitrogens is 1. The summed E-state index contributed by atoms with van der Waals surface area (Å²) in [5, 5.41) is 5.92. The Kier molecular flexibility index (Phi) is 4.99. The molecule has 1 unspecified atom stereocenters. The molecular formula is C19H27N3O3. The Morgan fingerprint density at radius 2 is 2.00 bits per heavy atom. The molecule has 1 aromatic carbocycles. The number of rotatable bonds is 3. The van der Waals surface area contributed by atoms with Crippen molar-refractivity contribution in [2.75, 3.05) is 18.5 Å². The zero-order valence-corrected chi connectivity index (χ0v) is 15.4. The smallest absolute Gasteiger partial charge is 0.319 e. The van der Waals surface area contributed by atoms with E-state index < -0.39 is 0 Å². The van der Waals surface area contributed by atoms with Crippen LogP contribution in [0, 0.1) is 5.92 Å². The fourth-order valence-electron chi connectivity index (χ4n) is 3.03. The van der Waals surface area contributed by atoms with Gasteiger partial charge < -0.3 is 19.8 Å². The summed E-state index contributed by atoms with van der Waals surface area (Å²) in [4.78, 5) is 16.8. The number of nitrogens with zero attached hydrogens (tertiary/aromatic N) is 1. The third-order valence-electron chi connectivity index (χ3n) is 4.62. The minimum absolute atomic E-state index is 0.118. The van der Waals surface area contributed by atoms with Gasteiger partial charge in [0.15, 0.2) is 5.58 Å². The minimum atomic E-state index is -0.196. The van der Waals surface area contributed by atoms with Crippen molar-refractivity contribution >= 4 is 22.8 Å². The van der Waals surface area contributed by atoms with Crippen LogP contribution in [0.4, 0.5) is 10.5 Å². The first-order chi connectivity index (χ1) is 11.8. The molecule has 0 saturated carbocycles. The maximum atomic E-state index is 12.3. The topological polar surface area (TPSA) is 76.4 Å². The van der Waals surface area contributed by atoms with Gasteiger partial charge in [0.05, 0.1) is 0 Å². The van der Waals surface area contributed by atoms with Crippen molar-refractivity contribution in [1.82, 2.24) is 10.3 Å². The molecule has 3 rings (SSSR count). The van der Waals surface area contributed by atoms with Gasteiger partial charge in [-0.2, -0.15) is 0 Å². The van der Waals surface area contributed by atoms with E-state index in [1.807, 2.05) is 25.1 Å². The van der Waals surface area contributed by atoms with E-state index in [2.05, 4.69) is 36.4 Å². The van der Waals surface area contributed by atoms with Crippen LogP contribution in [0.15, 0.2) is 22.6 Å². The maximum Gasteiger partial charge on any atom is 0.319 e. The van der Waals surface area contributed by atoms with E-state index in [0.29, 0.717) is 17.5 Å². The van der Waals surface area contributed by atoms with Gasteiger partial charge in [0.1, 0.15) is 5.52 Å². The van der Waals surface area contributed by atoms with E-state index >= 15 is 0 Å². The van der Waals surface area contributed by atoms with Crippen LogP contribution in [0.25, 0.3) is 11.1 Å². The number of urea groups is 1. The number of carbonyl (C=O) groups excluding carboxylic acids is 1. The monoisotopic (exact) mass is 345 g/mol. The van der Waals surface area contributed by atoms with Gasteiger partial charge in [0.2, 0.25) is 5.89 Å². The molecule has 1 aromatic heterocycles. The number of ether oxygens (including phenoxy) is 1. The molecule has 0 radical (unpaired) electrons. The first-order valence-electron chi connectivity index (χ1n) is 8.89. The summed E-state index contributed by atoms with van der Waals surface area (Å²) in [6, 6.07) is 5.44. The number of hydrogen-bond donors (Lipinski definition) is 2. The van der Waals surface area contributed by atoms with Crippen LogP contribution in [0.2, 0.25) is 0 Å². The highest BCUT2D eigenvalue weighted by Crippen LogP contribution is 2.27. The summed E-state index contributed by atoms with van der Waals surface area (Å²) in [6.07, 6.45) is 1.98. The molecule has 1 aliphatic rings. The van der Waals surface area contributed by atoms with Crippen LogP contribution >= 0.6 is 0 Å². The summed E-state index contributed by atoms with van der Waals surface area (Å²) in [5.74, 6) is 1.16. The Labute approximate surface area is 148 Å². The van der Waals surface area contributed by atoms with E-state index in [0.717, 1.165) is 37.2 Å². The second kappa shape index (κ2) is 7.04. The van der Waals surface area contributed by atoms with Gasteiger partial charge in [0, 0.05) is 30.4 Å². The summed E-state index contributed by atoms with van der Waals surface area (Å²) in [7, 11) is 0. The predicted octanol–water partition coefficient (Wildman–Crippen LogP) is 4.06. The zero-order chi connectivity index (χ0) is 18.0. The molecular weight excluding hydrogens is 318 g/mol. The van der Waals surface area contributed by atoms with Crippen LogP contribution in [0.1, 0.15) is 46.4 Å². The molecule has 6 heteroatoms. The van der Waals surface area contributed by atoms with E-state index in [1.54, 1.807) is 0 Å². The Morgan fingerprint density at radius 3 is 2.68 bits per heavy atom. The molecule has 25 heavy (non-hydrogen) atoms. The molecule has 136 valence electrons. The Morgan fingerprint density at radius 1 is 1.28 bits per heavy atom. The molecule has 2 amide bonds. The lowest BCUT2D eigenvalue weighted by molar-refractivity contribution is 0.0573. The predicted molar refractivity (Wildman–Crippen MR) is 97.9 cm³/mol. The molecule has 2 N–H and O–H groups in total. The number of anilines is 1. The molecule has 1 aliphatic heterocycles. The molecule has 0 aliphatic carbocycles. The van der Waals surface area contributed by atoms with Crippen molar-refractivity contribution in [3.63, 3.8) is 0 Å². The van der Waals surface area contributed by atoms with E-state index in [4.69, 9.17) is 9.15 Å². The van der Waals surface area contributed by atoms with Gasteiger partial charge >= 0.3 is 6.03 Å². The number of carbonyl (C=O) groups is 1. The molecule has 0 spiro atoms. The number of hydrogen-bond acceptors (Lipinski definition) is 4. The summed E-state index contributed by atoms with van der Waals surface area (Å²) in [6.45, 7) is 9.77. The molecule has 0 bridgehead atoms. The lowest BCUT2D eigenvalue weighted by Crippen LogP contribution is -2.42. The van der Waals surface area contributed by atoms with Gasteiger partial charge in [-0.3, -0.25) is 0 Å². The Bertz CT molecular complexity index is 742. The Hall–Kier alpha value is -2.08. The van der Waals surface area contributed by atoms with Gasteiger partial charge in [-0.1, -0.05) is 20.8 Å². The second-order valence-electron chi connectivity index (χ2n) is 7.79. The highest BCUT2D eigenvalue weighted by molar-refractivity contribution is 5.91. The molecule has 1 fully saturated rings. The summed E-state index contributed by atoms with van der Waals surface area (Å²) in [5.41, 5.74) is 2.04. The van der Waals surface area contributed by atoms with Crippen LogP contribution in [-0.4, -0.2) is 30.3 Å². The molecule has 2 aromatic rings. The molecule has 2 heterocycles. The average molecular weight is 345 g/mol. The quantitative estimate of drug-likeness (QED) is 0.879. The Balaban J connectivity index is 1.64. The van der Waals surface area contributed by atoms with Crippen molar-refractivity contribution in [2.24, 2.45) is 5.92 Å². The van der Waals surface area contributed by atoms with Crippen LogP contribution in [-0.2, 0) is 10.2 Å². The molecule has 6 nitrogen and oxygen atoms in total. The second-order valence-corrected chi connectivity index (χ2v) is 7.79. The largest absolute Gasteiger partial charge is 0.440 e. The normalized spacial score (nSPS) is 17.4. The van der Waals surface area contributed by atoms with Crippen LogP contribution in [0.5, 0.6) is 0 Å². The fourth-order valence-corrected chi connectivity index (χ4v) is 3.03. The van der Waals surface area contributed by atoms with Gasteiger partial charge in [-0.15, -0.1) is 0 Å². The van der Waals surface area contributed by atoms with Gasteiger partial charge in [-0.05, 0) is 43.9 Å². The summed E-state index contributed by atoms with van der Waals surface area (Å²) >= 11 is 0. The molecule has 1 saturated heterocycles. The fraction of sp³-hybridized carbons (Fsp3) is 0.579. The van der Waals surface area contributed by atoms with Crippen LogP contribution in [0.3, 0.4) is 0 Å². The highest BCUT2D eigenvalue weighted by Gasteiger charge is 2.23. The third-order valence-corrected chi connectivity index (χ3v) is 4.62. The first-order valence-corrected chi connectivity index (χ1v) is 8.89. The lowest BCUT2D eigenvalue weighted by Gasteiger charge is -2.28. The number of amides is 2. The zero-order valence-electron chi connectivity index (χ0n) is 15.4. The van der Waals surface area contributed by atoms with E-state index in [9.17, 15) is 4.79 Å². The van der Waals surface area contributed by atoms with Crippen molar-refractivity contribution in [1.29, 1.82) is 0 Å². The van der Waals surface area contributed by atoms with Crippen molar-refractivity contribution in [3.8, 4) is 0 Å². The van der Waals surface area contributed by atoms with E-state index in [1.165, 1.54) is 0 Å². The van der Waals surface area contributed by atoms with E-state index in [-0.39, 0.29) is 17.5 Å².